The second kappa shape index (κ2) is 5.00. The smallest absolute Gasteiger partial charge is 0.317 e. The normalized spacial score (nSPS) is 22.5. The highest BCUT2D eigenvalue weighted by atomic mass is 16.4. The monoisotopic (exact) mass is 214 g/mol. The molecule has 0 radical (unpaired) electrons. The van der Waals surface area contributed by atoms with Crippen LogP contribution in [0.1, 0.15) is 26.7 Å². The summed E-state index contributed by atoms with van der Waals surface area (Å²) in [6, 6.07) is -0.00511. The van der Waals surface area contributed by atoms with Crippen molar-refractivity contribution in [3.05, 3.63) is 0 Å². The van der Waals surface area contributed by atoms with Gasteiger partial charge in [0.15, 0.2) is 0 Å². The first kappa shape index (κ1) is 11.8. The lowest BCUT2D eigenvalue weighted by molar-refractivity contribution is -0.141. The number of hydrogen-bond acceptors (Lipinski definition) is 2. The fraction of sp³-hybridized carbons (Fsp3) is 0.800. The van der Waals surface area contributed by atoms with Gasteiger partial charge in [0.1, 0.15) is 0 Å². The highest BCUT2D eigenvalue weighted by molar-refractivity contribution is 5.77. The molecule has 2 atom stereocenters. The molecule has 15 heavy (non-hydrogen) atoms. The van der Waals surface area contributed by atoms with Crippen molar-refractivity contribution in [2.75, 3.05) is 13.1 Å². The molecule has 0 aromatic heterocycles. The average Bonchev–Trinajstić information content (AvgIpc) is 2.66. The van der Waals surface area contributed by atoms with E-state index in [0.29, 0.717) is 19.5 Å². The van der Waals surface area contributed by atoms with E-state index >= 15 is 0 Å². The molecule has 0 spiro atoms. The van der Waals surface area contributed by atoms with E-state index in [-0.39, 0.29) is 12.1 Å². The number of carboxylic acid groups (broad SMARTS) is 1. The Balaban J connectivity index is 2.40. The van der Waals surface area contributed by atoms with Gasteiger partial charge in [0, 0.05) is 19.1 Å². The zero-order valence-corrected chi connectivity index (χ0v) is 9.19. The number of nitrogens with zero attached hydrogens (tertiary/aromatic N) is 1. The summed E-state index contributed by atoms with van der Waals surface area (Å²) in [5.41, 5.74) is 0. The first-order valence-electron chi connectivity index (χ1n) is 5.32. The summed E-state index contributed by atoms with van der Waals surface area (Å²) in [5, 5.41) is 11.6. The Hall–Kier alpha value is -1.26. The number of amides is 2. The van der Waals surface area contributed by atoms with Gasteiger partial charge >= 0.3 is 12.0 Å². The number of nitrogens with one attached hydrogen (secondary N) is 1. The predicted octanol–water partition coefficient (Wildman–Crippen LogP) is 0.901. The second-order valence-corrected chi connectivity index (χ2v) is 4.03. The van der Waals surface area contributed by atoms with E-state index in [9.17, 15) is 9.59 Å². The zero-order valence-electron chi connectivity index (χ0n) is 9.19. The molecule has 0 aliphatic carbocycles. The summed E-state index contributed by atoms with van der Waals surface area (Å²) < 4.78 is 0. The molecule has 86 valence electrons. The van der Waals surface area contributed by atoms with Gasteiger partial charge in [-0.2, -0.15) is 0 Å². The molecule has 1 aliphatic rings. The quantitative estimate of drug-likeness (QED) is 0.733. The van der Waals surface area contributed by atoms with Crippen LogP contribution in [0, 0.1) is 5.92 Å². The highest BCUT2D eigenvalue weighted by Crippen LogP contribution is 2.16. The number of carboxylic acids is 1. The Morgan fingerprint density at radius 2 is 2.27 bits per heavy atom. The Bertz CT molecular complexity index is 255. The van der Waals surface area contributed by atoms with Crippen LogP contribution in [0.3, 0.4) is 0 Å². The van der Waals surface area contributed by atoms with Gasteiger partial charge in [-0.15, -0.1) is 0 Å². The molecule has 5 nitrogen and oxygen atoms in total. The van der Waals surface area contributed by atoms with Crippen molar-refractivity contribution in [2.24, 2.45) is 5.92 Å². The van der Waals surface area contributed by atoms with Crippen LogP contribution < -0.4 is 5.32 Å². The Morgan fingerprint density at radius 3 is 2.73 bits per heavy atom. The Kier molecular flexibility index (Phi) is 3.94. The first-order chi connectivity index (χ1) is 7.04. The van der Waals surface area contributed by atoms with E-state index < -0.39 is 11.9 Å². The lowest BCUT2D eigenvalue weighted by atomic mass is 10.1. The SMILES string of the molecule is CC[C@@H](C)NC(=O)N1CCC(C(=O)O)C1. The molecule has 1 unspecified atom stereocenters. The van der Waals surface area contributed by atoms with Gasteiger partial charge in [-0.3, -0.25) is 4.79 Å². The van der Waals surface area contributed by atoms with Crippen molar-refractivity contribution in [1.82, 2.24) is 10.2 Å². The van der Waals surface area contributed by atoms with Crippen LogP contribution in [-0.4, -0.2) is 41.1 Å². The van der Waals surface area contributed by atoms with Gasteiger partial charge in [-0.25, -0.2) is 4.79 Å². The molecular formula is C10H18N2O3. The van der Waals surface area contributed by atoms with Crippen molar-refractivity contribution in [3.63, 3.8) is 0 Å². The molecule has 0 aromatic rings. The van der Waals surface area contributed by atoms with Gasteiger partial charge in [0.05, 0.1) is 5.92 Å². The summed E-state index contributed by atoms with van der Waals surface area (Å²) in [5.74, 6) is -1.21. The molecule has 0 aromatic carbocycles. The van der Waals surface area contributed by atoms with Crippen LogP contribution in [-0.2, 0) is 4.79 Å². The van der Waals surface area contributed by atoms with Crippen molar-refractivity contribution in [3.8, 4) is 0 Å². The molecule has 5 heteroatoms. The number of aliphatic carboxylic acids is 1. The lowest BCUT2D eigenvalue weighted by Gasteiger charge is -2.19. The summed E-state index contributed by atoms with van der Waals surface area (Å²) in [6.07, 6.45) is 1.44. The molecule has 1 rings (SSSR count). The van der Waals surface area contributed by atoms with Crippen LogP contribution >= 0.6 is 0 Å². The van der Waals surface area contributed by atoms with Crippen LogP contribution in [0.25, 0.3) is 0 Å². The van der Waals surface area contributed by atoms with Crippen LogP contribution in [0.5, 0.6) is 0 Å². The van der Waals surface area contributed by atoms with E-state index in [2.05, 4.69) is 5.32 Å². The zero-order chi connectivity index (χ0) is 11.4. The highest BCUT2D eigenvalue weighted by Gasteiger charge is 2.30. The van der Waals surface area contributed by atoms with E-state index in [1.165, 1.54) is 0 Å². The number of likely N-dealkylation sites (tertiary alicyclic amines) is 1. The maximum Gasteiger partial charge on any atom is 0.317 e. The molecule has 0 bridgehead atoms. The molecule has 2 amide bonds. The van der Waals surface area contributed by atoms with Gasteiger partial charge < -0.3 is 15.3 Å². The van der Waals surface area contributed by atoms with Crippen molar-refractivity contribution < 1.29 is 14.7 Å². The van der Waals surface area contributed by atoms with Gasteiger partial charge in [-0.1, -0.05) is 6.92 Å². The van der Waals surface area contributed by atoms with Gasteiger partial charge in [-0.05, 0) is 19.8 Å². The maximum absolute atomic E-state index is 11.6. The summed E-state index contributed by atoms with van der Waals surface area (Å²) in [7, 11) is 0. The van der Waals surface area contributed by atoms with E-state index in [0.717, 1.165) is 6.42 Å². The summed E-state index contributed by atoms with van der Waals surface area (Å²) in [6.45, 7) is 4.80. The van der Waals surface area contributed by atoms with Crippen molar-refractivity contribution in [2.45, 2.75) is 32.7 Å². The Labute approximate surface area is 89.4 Å². The fourth-order valence-electron chi connectivity index (χ4n) is 1.55. The molecule has 1 heterocycles. The number of carbonyl (C=O) groups is 2. The minimum Gasteiger partial charge on any atom is -0.481 e. The van der Waals surface area contributed by atoms with Crippen LogP contribution in [0.15, 0.2) is 0 Å². The Morgan fingerprint density at radius 1 is 1.60 bits per heavy atom. The van der Waals surface area contributed by atoms with Crippen LogP contribution in [0.4, 0.5) is 4.79 Å². The van der Waals surface area contributed by atoms with Crippen molar-refractivity contribution >= 4 is 12.0 Å². The molecule has 1 fully saturated rings. The molecule has 0 saturated carbocycles. The third kappa shape index (κ3) is 3.11. The van der Waals surface area contributed by atoms with Crippen molar-refractivity contribution in [1.29, 1.82) is 0 Å². The maximum atomic E-state index is 11.6. The van der Waals surface area contributed by atoms with E-state index in [4.69, 9.17) is 5.11 Å². The third-order valence-electron chi connectivity index (χ3n) is 2.81. The molecular weight excluding hydrogens is 196 g/mol. The summed E-state index contributed by atoms with van der Waals surface area (Å²) >= 11 is 0. The predicted molar refractivity (Wildman–Crippen MR) is 55.6 cm³/mol. The second-order valence-electron chi connectivity index (χ2n) is 4.03. The number of rotatable bonds is 3. The molecule has 1 aliphatic heterocycles. The molecule has 2 N–H and O–H groups in total. The lowest BCUT2D eigenvalue weighted by Crippen LogP contribution is -2.42. The number of hydrogen-bond donors (Lipinski definition) is 2. The number of carbonyl (C=O) groups excluding carboxylic acids is 1. The minimum absolute atomic E-state index is 0.140. The third-order valence-corrected chi connectivity index (χ3v) is 2.81. The number of urea groups is 1. The average molecular weight is 214 g/mol. The van der Waals surface area contributed by atoms with E-state index in [1.807, 2.05) is 13.8 Å². The standard InChI is InChI=1S/C10H18N2O3/c1-3-7(2)11-10(15)12-5-4-8(6-12)9(13)14/h7-8H,3-6H2,1-2H3,(H,11,15)(H,13,14)/t7-,8?/m1/s1. The fourth-order valence-corrected chi connectivity index (χ4v) is 1.55. The topological polar surface area (TPSA) is 69.6 Å². The van der Waals surface area contributed by atoms with Gasteiger partial charge in [0.2, 0.25) is 0 Å². The van der Waals surface area contributed by atoms with Crippen LogP contribution in [0.2, 0.25) is 0 Å². The first-order valence-corrected chi connectivity index (χ1v) is 5.32. The van der Waals surface area contributed by atoms with E-state index in [1.54, 1.807) is 4.90 Å². The van der Waals surface area contributed by atoms with Gasteiger partial charge in [0.25, 0.3) is 0 Å². The minimum atomic E-state index is -0.811. The largest absolute Gasteiger partial charge is 0.481 e. The molecule has 1 saturated heterocycles. The summed E-state index contributed by atoms with van der Waals surface area (Å²) in [4.78, 5) is 23.9.